The molecule has 3 rings (SSSR count). The topological polar surface area (TPSA) is 109 Å². The van der Waals surface area contributed by atoms with Gasteiger partial charge in [-0.05, 0) is 32.6 Å². The number of piperidine rings is 1. The number of aromatic nitrogens is 2. The van der Waals surface area contributed by atoms with Gasteiger partial charge in [0.05, 0.1) is 11.6 Å². The van der Waals surface area contributed by atoms with Crippen LogP contribution in [0.1, 0.15) is 77.6 Å². The van der Waals surface area contributed by atoms with Gasteiger partial charge in [0.1, 0.15) is 6.04 Å². The standard InChI is InChI=1S/C17H27N5O3/c1-10(13-20-14(22-25-13)16(2,3)4)18-15(24)19-11-6-7-12(23)21-17(11)8-5-9-17/h10-11H,5-9H2,1-4H3,(H,21,23)(H2,18,19,24)/t10-,11-/m0/s1. The SMILES string of the molecule is C[C@H](NC(=O)N[C@H]1CCC(=O)NC12CCC2)c1nc(C(C)(C)C)no1. The lowest BCUT2D eigenvalue weighted by atomic mass is 9.68. The Morgan fingerprint density at radius 3 is 2.68 bits per heavy atom. The molecule has 1 aliphatic carbocycles. The van der Waals surface area contributed by atoms with Crippen LogP contribution < -0.4 is 16.0 Å². The zero-order valence-corrected chi connectivity index (χ0v) is 15.3. The molecule has 3 amide bonds. The van der Waals surface area contributed by atoms with E-state index in [2.05, 4.69) is 26.1 Å². The summed E-state index contributed by atoms with van der Waals surface area (Å²) in [5, 5.41) is 12.9. The summed E-state index contributed by atoms with van der Waals surface area (Å²) in [6, 6.07) is -0.714. The number of carbonyl (C=O) groups is 2. The molecule has 138 valence electrons. The van der Waals surface area contributed by atoms with E-state index in [9.17, 15) is 9.59 Å². The van der Waals surface area contributed by atoms with Gasteiger partial charge < -0.3 is 20.5 Å². The Morgan fingerprint density at radius 2 is 2.12 bits per heavy atom. The fraction of sp³-hybridized carbons (Fsp3) is 0.765. The van der Waals surface area contributed by atoms with E-state index in [4.69, 9.17) is 4.52 Å². The number of rotatable bonds is 3. The van der Waals surface area contributed by atoms with Gasteiger partial charge in [0.25, 0.3) is 0 Å². The first-order valence-electron chi connectivity index (χ1n) is 8.92. The summed E-state index contributed by atoms with van der Waals surface area (Å²) in [4.78, 5) is 28.4. The normalized spacial score (nSPS) is 23.5. The summed E-state index contributed by atoms with van der Waals surface area (Å²) >= 11 is 0. The van der Waals surface area contributed by atoms with Gasteiger partial charge in [-0.1, -0.05) is 25.9 Å². The van der Waals surface area contributed by atoms with E-state index < -0.39 is 0 Å². The Hall–Kier alpha value is -2.12. The molecule has 2 fully saturated rings. The molecule has 8 heteroatoms. The molecular formula is C17H27N5O3. The monoisotopic (exact) mass is 349 g/mol. The first kappa shape index (κ1) is 17.7. The minimum atomic E-state index is -0.390. The molecule has 1 saturated carbocycles. The van der Waals surface area contributed by atoms with Gasteiger partial charge in [-0.25, -0.2) is 4.79 Å². The number of urea groups is 1. The third-order valence-corrected chi connectivity index (χ3v) is 5.10. The van der Waals surface area contributed by atoms with Gasteiger partial charge in [-0.3, -0.25) is 4.79 Å². The molecule has 2 aliphatic rings. The molecule has 0 unspecified atom stereocenters. The van der Waals surface area contributed by atoms with Crippen LogP contribution in [0.4, 0.5) is 4.79 Å². The second-order valence-electron chi connectivity index (χ2n) is 8.19. The van der Waals surface area contributed by atoms with Crippen LogP contribution in [-0.4, -0.2) is 33.7 Å². The predicted octanol–water partition coefficient (Wildman–Crippen LogP) is 1.93. The highest BCUT2D eigenvalue weighted by molar-refractivity contribution is 5.80. The predicted molar refractivity (Wildman–Crippen MR) is 90.8 cm³/mol. The van der Waals surface area contributed by atoms with Crippen molar-refractivity contribution in [3.05, 3.63) is 11.7 Å². The van der Waals surface area contributed by atoms with Gasteiger partial charge >= 0.3 is 6.03 Å². The summed E-state index contributed by atoms with van der Waals surface area (Å²) in [6.07, 6.45) is 4.02. The lowest BCUT2D eigenvalue weighted by Gasteiger charge is -2.50. The number of amides is 3. The van der Waals surface area contributed by atoms with Gasteiger partial charge in [-0.15, -0.1) is 0 Å². The van der Waals surface area contributed by atoms with E-state index in [1.54, 1.807) is 6.92 Å². The van der Waals surface area contributed by atoms with E-state index >= 15 is 0 Å². The van der Waals surface area contributed by atoms with Crippen molar-refractivity contribution in [2.75, 3.05) is 0 Å². The molecule has 1 aromatic rings. The first-order chi connectivity index (χ1) is 11.7. The van der Waals surface area contributed by atoms with Crippen LogP contribution >= 0.6 is 0 Å². The smallest absolute Gasteiger partial charge is 0.315 e. The minimum absolute atomic E-state index is 0.0426. The van der Waals surface area contributed by atoms with Crippen molar-refractivity contribution >= 4 is 11.9 Å². The van der Waals surface area contributed by atoms with Crippen LogP contribution in [0.2, 0.25) is 0 Å². The van der Waals surface area contributed by atoms with Crippen LogP contribution in [0.25, 0.3) is 0 Å². The molecule has 1 saturated heterocycles. The van der Waals surface area contributed by atoms with Crippen LogP contribution in [0.3, 0.4) is 0 Å². The lowest BCUT2D eigenvalue weighted by molar-refractivity contribution is -0.127. The van der Waals surface area contributed by atoms with E-state index in [0.717, 1.165) is 19.3 Å². The number of hydrogen-bond donors (Lipinski definition) is 3. The molecule has 1 aromatic heterocycles. The van der Waals surface area contributed by atoms with E-state index in [-0.39, 0.29) is 35.0 Å². The van der Waals surface area contributed by atoms with E-state index in [0.29, 0.717) is 24.6 Å². The van der Waals surface area contributed by atoms with Gasteiger partial charge in [0.2, 0.25) is 11.8 Å². The molecule has 0 bridgehead atoms. The highest BCUT2D eigenvalue weighted by atomic mass is 16.5. The molecule has 1 spiro atoms. The molecule has 3 N–H and O–H groups in total. The second-order valence-corrected chi connectivity index (χ2v) is 8.19. The Bertz CT molecular complexity index is 659. The van der Waals surface area contributed by atoms with Crippen molar-refractivity contribution < 1.29 is 14.1 Å². The summed E-state index contributed by atoms with van der Waals surface area (Å²) < 4.78 is 5.27. The van der Waals surface area contributed by atoms with Crippen LogP contribution in [0, 0.1) is 0 Å². The molecule has 0 aromatic carbocycles. The first-order valence-corrected chi connectivity index (χ1v) is 8.92. The maximum Gasteiger partial charge on any atom is 0.315 e. The highest BCUT2D eigenvalue weighted by Crippen LogP contribution is 2.38. The molecule has 2 heterocycles. The largest absolute Gasteiger partial charge is 0.349 e. The van der Waals surface area contributed by atoms with E-state index in [1.807, 2.05) is 20.8 Å². The van der Waals surface area contributed by atoms with Crippen molar-refractivity contribution in [3.63, 3.8) is 0 Å². The summed E-state index contributed by atoms with van der Waals surface area (Å²) in [6.45, 7) is 7.81. The number of hydrogen-bond acceptors (Lipinski definition) is 5. The lowest BCUT2D eigenvalue weighted by Crippen LogP contribution is -2.69. The van der Waals surface area contributed by atoms with Crippen LogP contribution in [-0.2, 0) is 10.2 Å². The van der Waals surface area contributed by atoms with Crippen molar-refractivity contribution in [3.8, 4) is 0 Å². The van der Waals surface area contributed by atoms with Crippen LogP contribution in [0.5, 0.6) is 0 Å². The zero-order valence-electron chi connectivity index (χ0n) is 15.3. The molecule has 8 nitrogen and oxygen atoms in total. The summed E-state index contributed by atoms with van der Waals surface area (Å²) in [7, 11) is 0. The van der Waals surface area contributed by atoms with Crippen molar-refractivity contribution in [1.29, 1.82) is 0 Å². The summed E-state index contributed by atoms with van der Waals surface area (Å²) in [5.41, 5.74) is -0.472. The third-order valence-electron chi connectivity index (χ3n) is 5.10. The zero-order chi connectivity index (χ0) is 18.2. The Kier molecular flexibility index (Phi) is 4.47. The van der Waals surface area contributed by atoms with Crippen molar-refractivity contribution in [2.24, 2.45) is 0 Å². The third kappa shape index (κ3) is 3.62. The van der Waals surface area contributed by atoms with Gasteiger partial charge in [0, 0.05) is 11.8 Å². The summed E-state index contributed by atoms with van der Waals surface area (Å²) in [5.74, 6) is 1.07. The second kappa shape index (κ2) is 6.31. The number of nitrogens with zero attached hydrogens (tertiary/aromatic N) is 2. The molecule has 2 atom stereocenters. The van der Waals surface area contributed by atoms with Crippen molar-refractivity contribution in [1.82, 2.24) is 26.1 Å². The average molecular weight is 349 g/mol. The average Bonchev–Trinajstić information content (AvgIpc) is 2.97. The van der Waals surface area contributed by atoms with Gasteiger partial charge in [-0.2, -0.15) is 4.98 Å². The molecular weight excluding hydrogens is 322 g/mol. The van der Waals surface area contributed by atoms with Gasteiger partial charge in [0.15, 0.2) is 5.82 Å². The molecule has 0 radical (unpaired) electrons. The number of nitrogens with one attached hydrogen (secondary N) is 3. The van der Waals surface area contributed by atoms with Crippen molar-refractivity contribution in [2.45, 2.75) is 82.8 Å². The Balaban J connectivity index is 1.58. The minimum Gasteiger partial charge on any atom is -0.349 e. The fourth-order valence-electron chi connectivity index (χ4n) is 3.39. The number of carbonyl (C=O) groups excluding carboxylic acids is 2. The molecule has 1 aliphatic heterocycles. The van der Waals surface area contributed by atoms with Crippen LogP contribution in [0.15, 0.2) is 4.52 Å². The Morgan fingerprint density at radius 1 is 1.40 bits per heavy atom. The molecule has 25 heavy (non-hydrogen) atoms. The maximum absolute atomic E-state index is 12.4. The van der Waals surface area contributed by atoms with E-state index in [1.165, 1.54) is 0 Å². The highest BCUT2D eigenvalue weighted by Gasteiger charge is 2.48. The Labute approximate surface area is 147 Å². The fourth-order valence-corrected chi connectivity index (χ4v) is 3.39. The maximum atomic E-state index is 12.4. The quantitative estimate of drug-likeness (QED) is 0.772.